The number of anilines is 1. The van der Waals surface area contributed by atoms with E-state index in [2.05, 4.69) is 15.2 Å². The summed E-state index contributed by atoms with van der Waals surface area (Å²) in [5.41, 5.74) is 4.24. The molecule has 2 aromatic heterocycles. The van der Waals surface area contributed by atoms with Crippen molar-refractivity contribution in [1.82, 2.24) is 19.7 Å². The van der Waals surface area contributed by atoms with Gasteiger partial charge in [0.05, 0.1) is 38.2 Å². The van der Waals surface area contributed by atoms with Crippen LogP contribution >= 0.6 is 7.75 Å². The van der Waals surface area contributed by atoms with Crippen LogP contribution in [0.5, 0.6) is 5.75 Å². The summed E-state index contributed by atoms with van der Waals surface area (Å²) in [5.74, 6) is -2.51. The lowest BCUT2D eigenvalue weighted by Crippen LogP contribution is -2.50. The van der Waals surface area contributed by atoms with Crippen molar-refractivity contribution in [3.8, 4) is 11.8 Å². The first kappa shape index (κ1) is 43.0. The Hall–Kier alpha value is -4.71. The number of rotatable bonds is 22. The number of nitrogens with two attached hydrogens (primary N) is 1. The van der Waals surface area contributed by atoms with Gasteiger partial charge in [0.2, 0.25) is 5.60 Å². The minimum atomic E-state index is -4.63. The van der Waals surface area contributed by atoms with Crippen LogP contribution < -0.4 is 15.3 Å². The molecule has 0 aliphatic carbocycles. The summed E-state index contributed by atoms with van der Waals surface area (Å²) in [5, 5.41) is 17.7. The Labute approximate surface area is 316 Å². The van der Waals surface area contributed by atoms with E-state index in [-0.39, 0.29) is 43.7 Å². The average Bonchev–Trinajstić information content (AvgIpc) is 3.71. The quantitative estimate of drug-likeness (QED) is 0.0638. The van der Waals surface area contributed by atoms with Gasteiger partial charge >= 0.3 is 25.7 Å². The van der Waals surface area contributed by atoms with Gasteiger partial charge in [0.1, 0.15) is 55.6 Å². The minimum absolute atomic E-state index is 0.0273. The van der Waals surface area contributed by atoms with Crippen molar-refractivity contribution in [3.05, 3.63) is 54.5 Å². The lowest BCUT2D eigenvalue weighted by Gasteiger charge is -2.30. The molecule has 0 amide bonds. The first-order chi connectivity index (χ1) is 26.3. The zero-order valence-electron chi connectivity index (χ0n) is 31.0. The average molecular weight is 793 g/mol. The van der Waals surface area contributed by atoms with E-state index in [1.54, 1.807) is 38.1 Å². The molecule has 1 aliphatic rings. The number of nitrogen functional groups attached to an aromatic ring is 1. The highest BCUT2D eigenvalue weighted by atomic mass is 31.2. The smallest absolute Gasteiger partial charge is 0.459 e. The first-order valence-electron chi connectivity index (χ1n) is 17.0. The molecule has 4 rings (SSSR count). The summed E-state index contributed by atoms with van der Waals surface area (Å²) in [6.45, 7) is 2.99. The molecule has 1 saturated heterocycles. The molecule has 1 aliphatic heterocycles. The van der Waals surface area contributed by atoms with Crippen molar-refractivity contribution in [2.24, 2.45) is 0 Å². The Morgan fingerprint density at radius 1 is 1.00 bits per heavy atom. The van der Waals surface area contributed by atoms with E-state index in [1.165, 1.54) is 50.2 Å². The Bertz CT molecular complexity index is 1820. The maximum Gasteiger partial charge on any atom is 0.459 e. The fourth-order valence-corrected chi connectivity index (χ4v) is 6.72. The molecule has 300 valence electrons. The van der Waals surface area contributed by atoms with Crippen LogP contribution in [0.25, 0.3) is 5.52 Å². The number of esters is 3. The van der Waals surface area contributed by atoms with Crippen molar-refractivity contribution in [2.45, 2.75) is 56.8 Å². The van der Waals surface area contributed by atoms with Gasteiger partial charge in [0, 0.05) is 14.2 Å². The molecule has 55 heavy (non-hydrogen) atoms. The van der Waals surface area contributed by atoms with Crippen LogP contribution in [-0.2, 0) is 61.4 Å². The van der Waals surface area contributed by atoms with Crippen molar-refractivity contribution in [1.29, 1.82) is 5.26 Å². The second-order valence-corrected chi connectivity index (χ2v) is 13.9. The molecule has 1 unspecified atom stereocenters. The van der Waals surface area contributed by atoms with E-state index in [0.29, 0.717) is 5.52 Å². The Kier molecular flexibility index (Phi) is 15.9. The second kappa shape index (κ2) is 20.3. The van der Waals surface area contributed by atoms with Crippen molar-refractivity contribution >= 4 is 37.0 Å². The minimum Gasteiger partial charge on any atom is -0.462 e. The lowest BCUT2D eigenvalue weighted by molar-refractivity contribution is -0.175. The third-order valence-electron chi connectivity index (χ3n) is 7.69. The standard InChI is InChI=1S/C34H45N6O14P/c1-22(2)50-33(43)23(3)39-55(44,54-24-9-7-6-8-10-24)49-20-34(19-35)31(52-28(42)18-48-16-14-46-5)30(51-27(41)17-47-15-13-45-4)29(53-34)25-11-12-26-32(36)37-21-38-40(25)26/h6-12,21-23,29-31H,13-18,20H2,1-5H3,(H,39,44)(H2,36,37,38)/t23-,29-,30-,31-,34+,55?/m0/s1. The van der Waals surface area contributed by atoms with Gasteiger partial charge in [0.25, 0.3) is 0 Å². The predicted octanol–water partition coefficient (Wildman–Crippen LogP) is 1.93. The number of carbonyl (C=O) groups is 3. The van der Waals surface area contributed by atoms with E-state index < -0.39 is 81.5 Å². The van der Waals surface area contributed by atoms with Gasteiger partial charge in [-0.15, -0.1) is 0 Å². The second-order valence-electron chi connectivity index (χ2n) is 12.2. The van der Waals surface area contributed by atoms with Crippen LogP contribution in [0.4, 0.5) is 5.82 Å². The molecule has 6 atom stereocenters. The number of ether oxygens (including phenoxy) is 8. The number of nitriles is 1. The van der Waals surface area contributed by atoms with E-state index in [9.17, 15) is 24.2 Å². The van der Waals surface area contributed by atoms with E-state index in [4.69, 9.17) is 52.7 Å². The molecule has 3 heterocycles. The number of aromatic nitrogens is 3. The molecule has 20 nitrogen and oxygen atoms in total. The highest BCUT2D eigenvalue weighted by molar-refractivity contribution is 7.52. The summed E-state index contributed by atoms with van der Waals surface area (Å²) >= 11 is 0. The lowest BCUT2D eigenvalue weighted by atomic mass is 9.95. The number of methoxy groups -OCH3 is 2. The number of nitrogens with zero attached hydrogens (tertiary/aromatic N) is 4. The zero-order valence-corrected chi connectivity index (χ0v) is 31.9. The van der Waals surface area contributed by atoms with Gasteiger partial charge in [-0.2, -0.15) is 15.4 Å². The number of benzene rings is 1. The van der Waals surface area contributed by atoms with Crippen molar-refractivity contribution in [3.63, 3.8) is 0 Å². The molecule has 21 heteroatoms. The van der Waals surface area contributed by atoms with Gasteiger partial charge < -0.3 is 48.2 Å². The van der Waals surface area contributed by atoms with Crippen LogP contribution in [0.15, 0.2) is 48.8 Å². The van der Waals surface area contributed by atoms with Crippen LogP contribution in [-0.4, -0.2) is 123 Å². The summed E-state index contributed by atoms with van der Waals surface area (Å²) < 4.78 is 71.3. The predicted molar refractivity (Wildman–Crippen MR) is 189 cm³/mol. The Morgan fingerprint density at radius 2 is 1.65 bits per heavy atom. The summed E-state index contributed by atoms with van der Waals surface area (Å²) in [4.78, 5) is 43.3. The number of para-hydroxylation sites is 1. The Balaban J connectivity index is 1.76. The first-order valence-corrected chi connectivity index (χ1v) is 18.6. The molecule has 0 radical (unpaired) electrons. The fraction of sp³-hybridized carbons (Fsp3) is 0.529. The highest BCUT2D eigenvalue weighted by Crippen LogP contribution is 2.50. The maximum atomic E-state index is 14.5. The molecular weight excluding hydrogens is 747 g/mol. The SMILES string of the molecule is COCCOCC(=O)O[C@H]1[C@H](c2ccc3c(N)ncnn23)O[C@](C#N)(COP(=O)(N[C@@H](C)C(=O)OC(C)C)Oc2ccccc2)[C@H]1OC(=O)COCCOC. The van der Waals surface area contributed by atoms with Crippen LogP contribution in [0.2, 0.25) is 0 Å². The normalized spacial score (nSPS) is 21.1. The van der Waals surface area contributed by atoms with E-state index in [0.717, 1.165) is 0 Å². The van der Waals surface area contributed by atoms with Crippen LogP contribution in [0.3, 0.4) is 0 Å². The van der Waals surface area contributed by atoms with E-state index >= 15 is 0 Å². The molecule has 0 saturated carbocycles. The Morgan fingerprint density at radius 3 is 2.27 bits per heavy atom. The molecular formula is C34H45N6O14P. The summed E-state index contributed by atoms with van der Waals surface area (Å²) in [7, 11) is -1.72. The molecule has 1 fully saturated rings. The van der Waals surface area contributed by atoms with Crippen molar-refractivity contribution < 1.29 is 65.9 Å². The number of nitrogens with one attached hydrogen (secondary N) is 1. The monoisotopic (exact) mass is 792 g/mol. The zero-order chi connectivity index (χ0) is 40.0. The number of carbonyl (C=O) groups excluding carboxylic acids is 3. The molecule has 0 spiro atoms. The van der Waals surface area contributed by atoms with Gasteiger partial charge in [-0.1, -0.05) is 18.2 Å². The fourth-order valence-electron chi connectivity index (χ4n) is 5.20. The summed E-state index contributed by atoms with van der Waals surface area (Å²) in [6, 6.07) is 11.7. The van der Waals surface area contributed by atoms with E-state index in [1.807, 2.05) is 6.07 Å². The largest absolute Gasteiger partial charge is 0.462 e. The third kappa shape index (κ3) is 11.6. The van der Waals surface area contributed by atoms with Crippen LogP contribution in [0.1, 0.15) is 32.6 Å². The molecule has 3 N–H and O–H groups in total. The molecule has 1 aromatic carbocycles. The van der Waals surface area contributed by atoms with Gasteiger partial charge in [-0.05, 0) is 45.0 Å². The van der Waals surface area contributed by atoms with Crippen LogP contribution in [0, 0.1) is 11.3 Å². The van der Waals surface area contributed by atoms with Gasteiger partial charge in [-0.3, -0.25) is 9.32 Å². The topological polar surface area (TPSA) is 253 Å². The number of fused-ring (bicyclic) bond motifs is 1. The highest BCUT2D eigenvalue weighted by Gasteiger charge is 2.62. The van der Waals surface area contributed by atoms with Gasteiger partial charge in [-0.25, -0.2) is 23.7 Å². The van der Waals surface area contributed by atoms with Gasteiger partial charge in [0.15, 0.2) is 18.0 Å². The molecule has 3 aromatic rings. The van der Waals surface area contributed by atoms with Crippen molar-refractivity contribution in [2.75, 3.05) is 66.2 Å². The number of hydrogen-bond acceptors (Lipinski definition) is 18. The summed E-state index contributed by atoms with van der Waals surface area (Å²) in [6.07, 6.45) is -4.08. The third-order valence-corrected chi connectivity index (χ3v) is 9.31. The molecule has 0 bridgehead atoms. The number of hydrogen-bond donors (Lipinski definition) is 2. The maximum absolute atomic E-state index is 14.5.